The van der Waals surface area contributed by atoms with E-state index in [0.29, 0.717) is 12.0 Å². The third-order valence-electron chi connectivity index (χ3n) is 3.56. The average molecular weight is 213 g/mol. The minimum Gasteiger partial charge on any atom is -0.468 e. The van der Waals surface area contributed by atoms with E-state index in [4.69, 9.17) is 9.47 Å². The molecule has 0 radical (unpaired) electrons. The highest BCUT2D eigenvalue weighted by molar-refractivity contribution is 5.76. The van der Waals surface area contributed by atoms with Crippen LogP contribution >= 0.6 is 0 Å². The molecule has 3 unspecified atom stereocenters. The molecule has 0 saturated carbocycles. The van der Waals surface area contributed by atoms with Gasteiger partial charge in [-0.1, -0.05) is 6.92 Å². The standard InChI is InChI=1S/C11H19NO3/c1-8-7-15-6-4-9(8)12-5-3-10(12)11(13)14-2/h8-10H,3-7H2,1-2H3. The number of nitrogens with zero attached hydrogens (tertiary/aromatic N) is 1. The summed E-state index contributed by atoms with van der Waals surface area (Å²) >= 11 is 0. The molecule has 15 heavy (non-hydrogen) atoms. The van der Waals surface area contributed by atoms with E-state index in [1.165, 1.54) is 7.11 Å². The summed E-state index contributed by atoms with van der Waals surface area (Å²) in [6.07, 6.45) is 1.98. The Morgan fingerprint density at radius 1 is 1.47 bits per heavy atom. The summed E-state index contributed by atoms with van der Waals surface area (Å²) in [4.78, 5) is 13.7. The second-order valence-electron chi connectivity index (χ2n) is 4.47. The molecule has 2 heterocycles. The fourth-order valence-electron chi connectivity index (χ4n) is 2.56. The number of likely N-dealkylation sites (tertiary alicyclic amines) is 1. The summed E-state index contributed by atoms with van der Waals surface area (Å²) in [7, 11) is 1.46. The zero-order chi connectivity index (χ0) is 10.8. The molecule has 0 N–H and O–H groups in total. The van der Waals surface area contributed by atoms with Crippen LogP contribution in [0.1, 0.15) is 19.8 Å². The number of hydrogen-bond donors (Lipinski definition) is 0. The number of methoxy groups -OCH3 is 1. The molecule has 0 aromatic carbocycles. The van der Waals surface area contributed by atoms with Crippen molar-refractivity contribution in [3.05, 3.63) is 0 Å². The molecule has 2 saturated heterocycles. The summed E-state index contributed by atoms with van der Waals surface area (Å²) in [5.74, 6) is 0.436. The molecule has 2 fully saturated rings. The van der Waals surface area contributed by atoms with E-state index in [1.807, 2.05) is 0 Å². The van der Waals surface area contributed by atoms with Crippen molar-refractivity contribution >= 4 is 5.97 Å². The molecule has 2 aliphatic rings. The minimum absolute atomic E-state index is 0.000509. The molecular formula is C11H19NO3. The quantitative estimate of drug-likeness (QED) is 0.632. The highest BCUT2D eigenvalue weighted by atomic mass is 16.5. The van der Waals surface area contributed by atoms with Crippen molar-refractivity contribution in [2.24, 2.45) is 5.92 Å². The first kappa shape index (κ1) is 10.9. The van der Waals surface area contributed by atoms with Gasteiger partial charge < -0.3 is 9.47 Å². The predicted molar refractivity (Wildman–Crippen MR) is 55.5 cm³/mol. The van der Waals surface area contributed by atoms with Crippen LogP contribution in [-0.4, -0.2) is 49.8 Å². The smallest absolute Gasteiger partial charge is 0.323 e. The fraction of sp³-hybridized carbons (Fsp3) is 0.909. The Balaban J connectivity index is 1.95. The molecule has 4 heteroatoms. The van der Waals surface area contributed by atoms with Gasteiger partial charge in [-0.15, -0.1) is 0 Å². The molecule has 0 aromatic rings. The molecule has 0 spiro atoms. The predicted octanol–water partition coefficient (Wildman–Crippen LogP) is 0.659. The zero-order valence-electron chi connectivity index (χ0n) is 9.44. The number of hydrogen-bond acceptors (Lipinski definition) is 4. The van der Waals surface area contributed by atoms with Gasteiger partial charge in [-0.2, -0.15) is 0 Å². The fourth-order valence-corrected chi connectivity index (χ4v) is 2.56. The van der Waals surface area contributed by atoms with Crippen molar-refractivity contribution in [3.63, 3.8) is 0 Å². The molecule has 2 aliphatic heterocycles. The lowest BCUT2D eigenvalue weighted by molar-refractivity contribution is -0.157. The van der Waals surface area contributed by atoms with E-state index < -0.39 is 0 Å². The largest absolute Gasteiger partial charge is 0.468 e. The third kappa shape index (κ3) is 2.01. The number of esters is 1. The second kappa shape index (κ2) is 4.49. The van der Waals surface area contributed by atoms with Gasteiger partial charge in [-0.25, -0.2) is 0 Å². The van der Waals surface area contributed by atoms with Crippen LogP contribution in [0.4, 0.5) is 0 Å². The highest BCUT2D eigenvalue weighted by Crippen LogP contribution is 2.29. The molecule has 2 rings (SSSR count). The van der Waals surface area contributed by atoms with Crippen molar-refractivity contribution in [2.75, 3.05) is 26.9 Å². The van der Waals surface area contributed by atoms with Crippen LogP contribution in [0.2, 0.25) is 0 Å². The lowest BCUT2D eigenvalue weighted by atomic mass is 9.90. The van der Waals surface area contributed by atoms with Gasteiger partial charge in [0, 0.05) is 19.2 Å². The molecule has 0 bridgehead atoms. The van der Waals surface area contributed by atoms with Gasteiger partial charge >= 0.3 is 5.97 Å². The van der Waals surface area contributed by atoms with E-state index in [-0.39, 0.29) is 12.0 Å². The summed E-state index contributed by atoms with van der Waals surface area (Å²) in [6.45, 7) is 4.85. The van der Waals surface area contributed by atoms with Crippen LogP contribution in [0.3, 0.4) is 0 Å². The van der Waals surface area contributed by atoms with Crippen LogP contribution in [0.25, 0.3) is 0 Å². The number of rotatable bonds is 2. The third-order valence-corrected chi connectivity index (χ3v) is 3.56. The van der Waals surface area contributed by atoms with Crippen LogP contribution in [0.5, 0.6) is 0 Å². The molecular weight excluding hydrogens is 194 g/mol. The van der Waals surface area contributed by atoms with Gasteiger partial charge in [-0.3, -0.25) is 9.69 Å². The Kier molecular flexibility index (Phi) is 3.26. The first-order chi connectivity index (χ1) is 7.24. The maximum atomic E-state index is 11.5. The van der Waals surface area contributed by atoms with Crippen molar-refractivity contribution < 1.29 is 14.3 Å². The summed E-state index contributed by atoms with van der Waals surface area (Å²) in [5, 5.41) is 0. The normalized spacial score (nSPS) is 37.1. The second-order valence-corrected chi connectivity index (χ2v) is 4.47. The Morgan fingerprint density at radius 2 is 2.27 bits per heavy atom. The lowest BCUT2D eigenvalue weighted by Gasteiger charge is -2.47. The van der Waals surface area contributed by atoms with Crippen LogP contribution in [-0.2, 0) is 14.3 Å². The van der Waals surface area contributed by atoms with Crippen molar-refractivity contribution in [1.82, 2.24) is 4.90 Å². The number of ether oxygens (including phenoxy) is 2. The monoisotopic (exact) mass is 213 g/mol. The first-order valence-electron chi connectivity index (χ1n) is 5.65. The minimum atomic E-state index is -0.0834. The van der Waals surface area contributed by atoms with Crippen LogP contribution in [0.15, 0.2) is 0 Å². The maximum Gasteiger partial charge on any atom is 0.323 e. The van der Waals surface area contributed by atoms with E-state index >= 15 is 0 Å². The highest BCUT2D eigenvalue weighted by Gasteiger charge is 2.41. The van der Waals surface area contributed by atoms with Crippen LogP contribution < -0.4 is 0 Å². The number of carbonyl (C=O) groups excluding carboxylic acids is 1. The van der Waals surface area contributed by atoms with Crippen LogP contribution in [0, 0.1) is 5.92 Å². The Labute approximate surface area is 90.5 Å². The molecule has 4 nitrogen and oxygen atoms in total. The SMILES string of the molecule is COC(=O)C1CCN1C1CCOCC1C. The van der Waals surface area contributed by atoms with Gasteiger partial charge in [0.2, 0.25) is 0 Å². The van der Waals surface area contributed by atoms with Crippen molar-refractivity contribution in [2.45, 2.75) is 31.8 Å². The molecule has 0 aliphatic carbocycles. The van der Waals surface area contributed by atoms with Gasteiger partial charge in [-0.05, 0) is 18.8 Å². The van der Waals surface area contributed by atoms with E-state index in [1.54, 1.807) is 0 Å². The first-order valence-corrected chi connectivity index (χ1v) is 5.65. The Morgan fingerprint density at radius 3 is 2.80 bits per heavy atom. The average Bonchev–Trinajstić information content (AvgIpc) is 2.19. The summed E-state index contributed by atoms with van der Waals surface area (Å²) in [6, 6.07) is 0.497. The molecule has 0 amide bonds. The van der Waals surface area contributed by atoms with Crippen molar-refractivity contribution in [3.8, 4) is 0 Å². The number of carbonyl (C=O) groups is 1. The molecule has 3 atom stereocenters. The van der Waals surface area contributed by atoms with Gasteiger partial charge in [0.15, 0.2) is 0 Å². The van der Waals surface area contributed by atoms with Gasteiger partial charge in [0.05, 0.1) is 13.7 Å². The van der Waals surface area contributed by atoms with E-state index in [9.17, 15) is 4.79 Å². The Bertz CT molecular complexity index is 244. The molecule has 0 aromatic heterocycles. The van der Waals surface area contributed by atoms with Crippen molar-refractivity contribution in [1.29, 1.82) is 0 Å². The summed E-state index contributed by atoms with van der Waals surface area (Å²) < 4.78 is 10.2. The van der Waals surface area contributed by atoms with Gasteiger partial charge in [0.1, 0.15) is 6.04 Å². The zero-order valence-corrected chi connectivity index (χ0v) is 9.44. The van der Waals surface area contributed by atoms with Gasteiger partial charge in [0.25, 0.3) is 0 Å². The summed E-state index contributed by atoms with van der Waals surface area (Å²) in [5.41, 5.74) is 0. The molecule has 86 valence electrons. The van der Waals surface area contributed by atoms with E-state index in [2.05, 4.69) is 11.8 Å². The van der Waals surface area contributed by atoms with E-state index in [0.717, 1.165) is 32.6 Å². The topological polar surface area (TPSA) is 38.8 Å². The maximum absolute atomic E-state index is 11.5. The Hall–Kier alpha value is -0.610. The lowest BCUT2D eigenvalue weighted by Crippen LogP contribution is -2.60.